The summed E-state index contributed by atoms with van der Waals surface area (Å²) in [6, 6.07) is 3.90. The van der Waals surface area contributed by atoms with E-state index in [4.69, 9.17) is 5.11 Å². The average molecular weight is 292 g/mol. The third kappa shape index (κ3) is 3.28. The molecule has 0 spiro atoms. The first-order valence-electron chi connectivity index (χ1n) is 4.10. The quantitative estimate of drug-likeness (QED) is 0.821. The second-order valence-electron chi connectivity index (χ2n) is 2.71. The molecule has 0 radical (unpaired) electrons. The SMILES string of the molecule is O=C(O)CONC(=O)c1cccc(F)c1Br. The molecule has 0 aromatic heterocycles. The second-order valence-corrected chi connectivity index (χ2v) is 3.51. The molecular formula is C9H7BrFNO4. The molecule has 0 bridgehead atoms. The fourth-order valence-corrected chi connectivity index (χ4v) is 1.34. The number of carbonyl (C=O) groups is 2. The van der Waals surface area contributed by atoms with Gasteiger partial charge in [0.05, 0.1) is 10.0 Å². The molecule has 0 aliphatic heterocycles. The summed E-state index contributed by atoms with van der Waals surface area (Å²) in [5.41, 5.74) is 1.90. The van der Waals surface area contributed by atoms with Crippen LogP contribution < -0.4 is 5.48 Å². The summed E-state index contributed by atoms with van der Waals surface area (Å²) in [4.78, 5) is 25.8. The van der Waals surface area contributed by atoms with Gasteiger partial charge in [0.15, 0.2) is 6.61 Å². The number of hydrogen-bond donors (Lipinski definition) is 2. The Balaban J connectivity index is 2.66. The van der Waals surface area contributed by atoms with Crippen LogP contribution in [0.1, 0.15) is 10.4 Å². The van der Waals surface area contributed by atoms with E-state index in [0.717, 1.165) is 0 Å². The third-order valence-corrected chi connectivity index (χ3v) is 2.36. The van der Waals surface area contributed by atoms with Crippen molar-refractivity contribution in [3.05, 3.63) is 34.1 Å². The minimum atomic E-state index is -1.22. The van der Waals surface area contributed by atoms with Gasteiger partial charge in [-0.25, -0.2) is 14.7 Å². The molecule has 1 amide bonds. The number of rotatable bonds is 4. The van der Waals surface area contributed by atoms with Crippen LogP contribution in [0.3, 0.4) is 0 Å². The smallest absolute Gasteiger partial charge is 0.332 e. The highest BCUT2D eigenvalue weighted by Gasteiger charge is 2.13. The molecule has 1 aromatic carbocycles. The van der Waals surface area contributed by atoms with E-state index in [-0.39, 0.29) is 10.0 Å². The van der Waals surface area contributed by atoms with Crippen LogP contribution in [-0.4, -0.2) is 23.6 Å². The van der Waals surface area contributed by atoms with Crippen molar-refractivity contribution in [2.75, 3.05) is 6.61 Å². The lowest BCUT2D eigenvalue weighted by atomic mass is 10.2. The zero-order chi connectivity index (χ0) is 12.1. The number of carboxylic acids is 1. The maximum atomic E-state index is 13.0. The van der Waals surface area contributed by atoms with Gasteiger partial charge in [0.2, 0.25) is 0 Å². The van der Waals surface area contributed by atoms with E-state index in [1.165, 1.54) is 18.2 Å². The molecule has 0 unspecified atom stereocenters. The van der Waals surface area contributed by atoms with E-state index >= 15 is 0 Å². The van der Waals surface area contributed by atoms with Gasteiger partial charge in [0, 0.05) is 0 Å². The van der Waals surface area contributed by atoms with Crippen LogP contribution >= 0.6 is 15.9 Å². The Labute approximate surface area is 98.3 Å². The Morgan fingerprint density at radius 2 is 2.19 bits per heavy atom. The Morgan fingerprint density at radius 1 is 1.50 bits per heavy atom. The topological polar surface area (TPSA) is 75.6 Å². The van der Waals surface area contributed by atoms with Crippen molar-refractivity contribution in [1.82, 2.24) is 5.48 Å². The number of nitrogens with one attached hydrogen (secondary N) is 1. The molecule has 1 aromatic rings. The first-order chi connectivity index (χ1) is 7.52. The average Bonchev–Trinajstić information content (AvgIpc) is 2.21. The lowest BCUT2D eigenvalue weighted by Crippen LogP contribution is -2.27. The minimum Gasteiger partial charge on any atom is -0.479 e. The van der Waals surface area contributed by atoms with Crippen molar-refractivity contribution < 1.29 is 23.9 Å². The molecule has 0 aliphatic carbocycles. The van der Waals surface area contributed by atoms with E-state index in [2.05, 4.69) is 20.8 Å². The molecule has 0 saturated heterocycles. The highest BCUT2D eigenvalue weighted by atomic mass is 79.9. The van der Waals surface area contributed by atoms with Gasteiger partial charge in [0.1, 0.15) is 5.82 Å². The van der Waals surface area contributed by atoms with Crippen molar-refractivity contribution in [1.29, 1.82) is 0 Å². The molecule has 5 nitrogen and oxygen atoms in total. The number of hydroxylamine groups is 1. The van der Waals surface area contributed by atoms with E-state index in [9.17, 15) is 14.0 Å². The number of benzene rings is 1. The third-order valence-electron chi connectivity index (χ3n) is 1.56. The fraction of sp³-hybridized carbons (Fsp3) is 0.111. The zero-order valence-electron chi connectivity index (χ0n) is 7.87. The minimum absolute atomic E-state index is 0.00794. The maximum Gasteiger partial charge on any atom is 0.332 e. The molecule has 2 N–H and O–H groups in total. The molecule has 1 rings (SSSR count). The summed E-state index contributed by atoms with van der Waals surface area (Å²) >= 11 is 2.89. The predicted octanol–water partition coefficient (Wildman–Crippen LogP) is 1.33. The number of aliphatic carboxylic acids is 1. The lowest BCUT2D eigenvalue weighted by molar-refractivity contribution is -0.144. The Bertz CT molecular complexity index is 424. The van der Waals surface area contributed by atoms with E-state index in [1.807, 2.05) is 5.48 Å². The number of carboxylic acid groups (broad SMARTS) is 1. The van der Waals surface area contributed by atoms with E-state index in [0.29, 0.717) is 0 Å². The zero-order valence-corrected chi connectivity index (χ0v) is 9.45. The van der Waals surface area contributed by atoms with E-state index < -0.39 is 24.3 Å². The summed E-state index contributed by atoms with van der Waals surface area (Å²) in [7, 11) is 0. The summed E-state index contributed by atoms with van der Waals surface area (Å²) in [5, 5.41) is 8.25. The summed E-state index contributed by atoms with van der Waals surface area (Å²) in [6.45, 7) is -0.668. The van der Waals surface area contributed by atoms with Crippen molar-refractivity contribution in [3.8, 4) is 0 Å². The molecule has 86 valence electrons. The molecule has 0 heterocycles. The highest BCUT2D eigenvalue weighted by Crippen LogP contribution is 2.19. The first-order valence-corrected chi connectivity index (χ1v) is 4.89. The van der Waals surface area contributed by atoms with Crippen LogP contribution in [0.5, 0.6) is 0 Å². The van der Waals surface area contributed by atoms with Crippen molar-refractivity contribution >= 4 is 27.8 Å². The summed E-state index contributed by atoms with van der Waals surface area (Å²) in [6.07, 6.45) is 0. The van der Waals surface area contributed by atoms with Crippen LogP contribution in [-0.2, 0) is 9.63 Å². The molecule has 0 atom stereocenters. The molecular weight excluding hydrogens is 285 g/mol. The van der Waals surface area contributed by atoms with Gasteiger partial charge in [-0.05, 0) is 28.1 Å². The van der Waals surface area contributed by atoms with Crippen LogP contribution in [0.25, 0.3) is 0 Å². The Kier molecular flexibility index (Phi) is 4.39. The van der Waals surface area contributed by atoms with Gasteiger partial charge in [0.25, 0.3) is 5.91 Å². The first kappa shape index (κ1) is 12.6. The monoisotopic (exact) mass is 291 g/mol. The number of halogens is 2. The summed E-state index contributed by atoms with van der Waals surface area (Å²) < 4.78 is 13.0. The lowest BCUT2D eigenvalue weighted by Gasteiger charge is -2.05. The van der Waals surface area contributed by atoms with Crippen molar-refractivity contribution in [2.45, 2.75) is 0 Å². The molecule has 0 saturated carbocycles. The van der Waals surface area contributed by atoms with Crippen LogP contribution in [0.4, 0.5) is 4.39 Å². The van der Waals surface area contributed by atoms with Gasteiger partial charge in [-0.1, -0.05) is 6.07 Å². The number of carbonyl (C=O) groups excluding carboxylic acids is 1. The van der Waals surface area contributed by atoms with Gasteiger partial charge in [-0.3, -0.25) is 9.63 Å². The van der Waals surface area contributed by atoms with Gasteiger partial charge >= 0.3 is 5.97 Å². The van der Waals surface area contributed by atoms with Gasteiger partial charge in [-0.2, -0.15) is 0 Å². The number of hydrogen-bond acceptors (Lipinski definition) is 3. The van der Waals surface area contributed by atoms with Gasteiger partial charge in [-0.15, -0.1) is 0 Å². The summed E-state index contributed by atoms with van der Waals surface area (Å²) in [5.74, 6) is -2.54. The van der Waals surface area contributed by atoms with Crippen molar-refractivity contribution in [2.24, 2.45) is 0 Å². The maximum absolute atomic E-state index is 13.0. The van der Waals surface area contributed by atoms with E-state index in [1.54, 1.807) is 0 Å². The highest BCUT2D eigenvalue weighted by molar-refractivity contribution is 9.10. The predicted molar refractivity (Wildman–Crippen MR) is 55.2 cm³/mol. The largest absolute Gasteiger partial charge is 0.479 e. The molecule has 16 heavy (non-hydrogen) atoms. The Morgan fingerprint density at radius 3 is 2.81 bits per heavy atom. The van der Waals surface area contributed by atoms with Crippen LogP contribution in [0, 0.1) is 5.82 Å². The standard InChI is InChI=1S/C9H7BrFNO4/c10-8-5(2-1-3-6(8)11)9(15)12-16-4-7(13)14/h1-3H,4H2,(H,12,15)(H,13,14). The number of amides is 1. The van der Waals surface area contributed by atoms with Crippen molar-refractivity contribution in [3.63, 3.8) is 0 Å². The Hall–Kier alpha value is -1.47. The molecule has 0 aliphatic rings. The fourth-order valence-electron chi connectivity index (χ4n) is 0.898. The van der Waals surface area contributed by atoms with Gasteiger partial charge < -0.3 is 5.11 Å². The second kappa shape index (κ2) is 5.57. The molecule has 0 fully saturated rings. The van der Waals surface area contributed by atoms with Crippen LogP contribution in [0.15, 0.2) is 22.7 Å². The molecule has 7 heteroatoms. The normalized spacial score (nSPS) is 9.88. The van der Waals surface area contributed by atoms with Crippen LogP contribution in [0.2, 0.25) is 0 Å².